The summed E-state index contributed by atoms with van der Waals surface area (Å²) in [6, 6.07) is 13.0. The SMILES string of the molecule is Cc1ccc(CNc2cccc(C(=O)O)c2)c(Br)c1. The third-order valence-electron chi connectivity index (χ3n) is 2.80. The molecule has 2 N–H and O–H groups in total. The van der Waals surface area contributed by atoms with Crippen LogP contribution < -0.4 is 5.32 Å². The fraction of sp³-hybridized carbons (Fsp3) is 0.133. The fourth-order valence-electron chi connectivity index (χ4n) is 1.76. The molecule has 0 aliphatic heterocycles. The van der Waals surface area contributed by atoms with Crippen LogP contribution in [-0.4, -0.2) is 11.1 Å². The minimum absolute atomic E-state index is 0.285. The average Bonchev–Trinajstić information content (AvgIpc) is 2.38. The van der Waals surface area contributed by atoms with Gasteiger partial charge in [-0.25, -0.2) is 4.79 Å². The van der Waals surface area contributed by atoms with Crippen LogP contribution >= 0.6 is 15.9 Å². The Kier molecular flexibility index (Phi) is 4.22. The Bertz CT molecular complexity index is 611. The Labute approximate surface area is 120 Å². The first kappa shape index (κ1) is 13.6. The molecule has 0 fully saturated rings. The van der Waals surface area contributed by atoms with E-state index in [-0.39, 0.29) is 5.56 Å². The topological polar surface area (TPSA) is 49.3 Å². The molecule has 0 heterocycles. The zero-order valence-corrected chi connectivity index (χ0v) is 12.1. The van der Waals surface area contributed by atoms with Crippen LogP contribution in [0.15, 0.2) is 46.9 Å². The minimum atomic E-state index is -0.917. The van der Waals surface area contributed by atoms with Gasteiger partial charge in [0.05, 0.1) is 5.56 Å². The number of benzene rings is 2. The van der Waals surface area contributed by atoms with Crippen LogP contribution in [0.1, 0.15) is 21.5 Å². The summed E-state index contributed by atoms with van der Waals surface area (Å²) in [6.07, 6.45) is 0. The molecule has 0 spiro atoms. The lowest BCUT2D eigenvalue weighted by molar-refractivity contribution is 0.0697. The van der Waals surface area contributed by atoms with Crippen LogP contribution in [0.25, 0.3) is 0 Å². The van der Waals surface area contributed by atoms with E-state index in [1.807, 2.05) is 19.1 Å². The third kappa shape index (κ3) is 3.58. The molecule has 0 atom stereocenters. The largest absolute Gasteiger partial charge is 0.478 e. The Hall–Kier alpha value is -1.81. The number of carboxylic acids is 1. The predicted molar refractivity (Wildman–Crippen MR) is 79.6 cm³/mol. The number of carbonyl (C=O) groups is 1. The lowest BCUT2D eigenvalue weighted by Crippen LogP contribution is -2.02. The van der Waals surface area contributed by atoms with Crippen molar-refractivity contribution in [1.29, 1.82) is 0 Å². The highest BCUT2D eigenvalue weighted by Gasteiger charge is 2.04. The van der Waals surface area contributed by atoms with Gasteiger partial charge in [-0.15, -0.1) is 0 Å². The monoisotopic (exact) mass is 319 g/mol. The van der Waals surface area contributed by atoms with Crippen LogP contribution in [0, 0.1) is 6.92 Å². The van der Waals surface area contributed by atoms with Crippen molar-refractivity contribution in [2.75, 3.05) is 5.32 Å². The summed E-state index contributed by atoms with van der Waals surface area (Å²) in [7, 11) is 0. The summed E-state index contributed by atoms with van der Waals surface area (Å²) in [4.78, 5) is 10.9. The molecule has 3 nitrogen and oxygen atoms in total. The Morgan fingerprint density at radius 1 is 1.26 bits per heavy atom. The number of hydrogen-bond donors (Lipinski definition) is 2. The normalized spacial score (nSPS) is 10.2. The van der Waals surface area contributed by atoms with E-state index in [0.717, 1.165) is 15.7 Å². The molecule has 2 aromatic rings. The predicted octanol–water partition coefficient (Wildman–Crippen LogP) is 4.07. The maximum Gasteiger partial charge on any atom is 0.335 e. The van der Waals surface area contributed by atoms with Crippen molar-refractivity contribution < 1.29 is 9.90 Å². The van der Waals surface area contributed by atoms with Crippen molar-refractivity contribution in [3.63, 3.8) is 0 Å². The maximum atomic E-state index is 10.9. The fourth-order valence-corrected chi connectivity index (χ4v) is 2.39. The summed E-state index contributed by atoms with van der Waals surface area (Å²) >= 11 is 3.52. The van der Waals surface area contributed by atoms with Gasteiger partial charge in [0.25, 0.3) is 0 Å². The van der Waals surface area contributed by atoms with E-state index in [0.29, 0.717) is 6.54 Å². The standard InChI is InChI=1S/C15H14BrNO2/c1-10-5-6-12(14(16)7-10)9-17-13-4-2-3-11(8-13)15(18)19/h2-8,17H,9H2,1H3,(H,18,19). The molecule has 4 heteroatoms. The van der Waals surface area contributed by atoms with E-state index in [1.54, 1.807) is 18.2 Å². The molecule has 0 aromatic heterocycles. The van der Waals surface area contributed by atoms with Crippen LogP contribution in [0.2, 0.25) is 0 Å². The second kappa shape index (κ2) is 5.89. The number of aryl methyl sites for hydroxylation is 1. The van der Waals surface area contributed by atoms with Gasteiger partial charge in [-0.3, -0.25) is 0 Å². The van der Waals surface area contributed by atoms with Gasteiger partial charge in [-0.05, 0) is 42.3 Å². The molecule has 98 valence electrons. The molecule has 2 rings (SSSR count). The third-order valence-corrected chi connectivity index (χ3v) is 3.54. The molecular formula is C15H14BrNO2. The number of nitrogens with one attached hydrogen (secondary N) is 1. The van der Waals surface area contributed by atoms with Crippen molar-refractivity contribution in [2.24, 2.45) is 0 Å². The highest BCUT2D eigenvalue weighted by atomic mass is 79.9. The minimum Gasteiger partial charge on any atom is -0.478 e. The van der Waals surface area contributed by atoms with E-state index < -0.39 is 5.97 Å². The summed E-state index contributed by atoms with van der Waals surface area (Å²) in [5, 5.41) is 12.2. The van der Waals surface area contributed by atoms with Crippen molar-refractivity contribution in [3.8, 4) is 0 Å². The van der Waals surface area contributed by atoms with E-state index >= 15 is 0 Å². The summed E-state index contributed by atoms with van der Waals surface area (Å²) in [5.41, 5.74) is 3.41. The van der Waals surface area contributed by atoms with Gasteiger partial charge in [0, 0.05) is 16.7 Å². The zero-order valence-electron chi connectivity index (χ0n) is 10.5. The van der Waals surface area contributed by atoms with Gasteiger partial charge in [0.1, 0.15) is 0 Å². The van der Waals surface area contributed by atoms with Gasteiger partial charge < -0.3 is 10.4 Å². The molecule has 19 heavy (non-hydrogen) atoms. The maximum absolute atomic E-state index is 10.9. The number of halogens is 1. The van der Waals surface area contributed by atoms with E-state index in [9.17, 15) is 4.79 Å². The lowest BCUT2D eigenvalue weighted by atomic mass is 10.1. The molecule has 0 saturated heterocycles. The van der Waals surface area contributed by atoms with Crippen molar-refractivity contribution >= 4 is 27.6 Å². The highest BCUT2D eigenvalue weighted by molar-refractivity contribution is 9.10. The molecule has 0 aliphatic rings. The quantitative estimate of drug-likeness (QED) is 0.893. The van der Waals surface area contributed by atoms with Crippen LogP contribution in [0.4, 0.5) is 5.69 Å². The molecule has 0 saturated carbocycles. The molecule has 0 radical (unpaired) electrons. The molecule has 0 aliphatic carbocycles. The van der Waals surface area contributed by atoms with Crippen LogP contribution in [0.5, 0.6) is 0 Å². The first-order valence-electron chi connectivity index (χ1n) is 5.88. The van der Waals surface area contributed by atoms with Gasteiger partial charge in [0.15, 0.2) is 0 Å². The smallest absolute Gasteiger partial charge is 0.335 e. The summed E-state index contributed by atoms with van der Waals surface area (Å²) in [5.74, 6) is -0.917. The zero-order chi connectivity index (χ0) is 13.8. The molecular weight excluding hydrogens is 306 g/mol. The van der Waals surface area contributed by atoms with Crippen LogP contribution in [0.3, 0.4) is 0 Å². The Morgan fingerprint density at radius 3 is 2.74 bits per heavy atom. The van der Waals surface area contributed by atoms with Crippen LogP contribution in [-0.2, 0) is 6.54 Å². The molecule has 0 amide bonds. The number of rotatable bonds is 4. The second-order valence-corrected chi connectivity index (χ2v) is 5.19. The first-order chi connectivity index (χ1) is 9.06. The number of anilines is 1. The van der Waals surface area contributed by atoms with Gasteiger partial charge in [-0.1, -0.05) is 34.1 Å². The Balaban J connectivity index is 2.10. The molecule has 2 aromatic carbocycles. The summed E-state index contributed by atoms with van der Waals surface area (Å²) < 4.78 is 1.05. The Morgan fingerprint density at radius 2 is 2.05 bits per heavy atom. The van der Waals surface area contributed by atoms with Crippen molar-refractivity contribution in [3.05, 3.63) is 63.6 Å². The van der Waals surface area contributed by atoms with E-state index in [2.05, 4.69) is 33.4 Å². The van der Waals surface area contributed by atoms with Gasteiger partial charge in [-0.2, -0.15) is 0 Å². The number of carboxylic acid groups (broad SMARTS) is 1. The van der Waals surface area contributed by atoms with Gasteiger partial charge >= 0.3 is 5.97 Å². The lowest BCUT2D eigenvalue weighted by Gasteiger charge is -2.09. The number of aromatic carboxylic acids is 1. The van der Waals surface area contributed by atoms with Crippen molar-refractivity contribution in [2.45, 2.75) is 13.5 Å². The highest BCUT2D eigenvalue weighted by Crippen LogP contribution is 2.20. The average molecular weight is 320 g/mol. The summed E-state index contributed by atoms with van der Waals surface area (Å²) in [6.45, 7) is 2.68. The van der Waals surface area contributed by atoms with E-state index in [4.69, 9.17) is 5.11 Å². The molecule has 0 bridgehead atoms. The van der Waals surface area contributed by atoms with Gasteiger partial charge in [0.2, 0.25) is 0 Å². The first-order valence-corrected chi connectivity index (χ1v) is 6.68. The second-order valence-electron chi connectivity index (χ2n) is 4.33. The van der Waals surface area contributed by atoms with E-state index in [1.165, 1.54) is 5.56 Å². The van der Waals surface area contributed by atoms with Crippen molar-refractivity contribution in [1.82, 2.24) is 0 Å². The number of hydrogen-bond acceptors (Lipinski definition) is 2. The molecule has 0 unspecified atom stereocenters.